The lowest BCUT2D eigenvalue weighted by Crippen LogP contribution is -2.14. The second-order valence-corrected chi connectivity index (χ2v) is 6.29. The van der Waals surface area contributed by atoms with Crippen molar-refractivity contribution in [3.8, 4) is 0 Å². The van der Waals surface area contributed by atoms with E-state index in [1.807, 2.05) is 0 Å². The van der Waals surface area contributed by atoms with Crippen LogP contribution < -0.4 is 10.5 Å². The molecule has 20 heavy (non-hydrogen) atoms. The van der Waals surface area contributed by atoms with E-state index in [-0.39, 0.29) is 11.4 Å². The summed E-state index contributed by atoms with van der Waals surface area (Å²) < 4.78 is 27.0. The first kappa shape index (κ1) is 14.8. The molecule has 0 bridgehead atoms. The number of benzene rings is 1. The van der Waals surface area contributed by atoms with Crippen molar-refractivity contribution >= 4 is 27.3 Å². The second-order valence-electron chi connectivity index (χ2n) is 4.20. The Morgan fingerprint density at radius 3 is 2.70 bits per heavy atom. The molecule has 0 fully saturated rings. The molecule has 0 aliphatic carbocycles. The molecule has 1 heterocycles. The third-order valence-electron chi connectivity index (χ3n) is 2.81. The number of nitrogens with two attached hydrogens (primary N) is 1. The van der Waals surface area contributed by atoms with Gasteiger partial charge in [-0.1, -0.05) is 17.7 Å². The summed E-state index contributed by atoms with van der Waals surface area (Å²) in [6.07, 6.45) is 1.60. The summed E-state index contributed by atoms with van der Waals surface area (Å²) in [7, 11) is -3.70. The summed E-state index contributed by atoms with van der Waals surface area (Å²) in [5.74, 6) is 0. The minimum absolute atomic E-state index is 0.0861. The van der Waals surface area contributed by atoms with Crippen molar-refractivity contribution in [2.45, 2.75) is 18.4 Å². The highest BCUT2D eigenvalue weighted by molar-refractivity contribution is 7.92. The van der Waals surface area contributed by atoms with Crippen molar-refractivity contribution in [3.63, 3.8) is 0 Å². The normalized spacial score (nSPS) is 11.3. The maximum absolute atomic E-state index is 12.3. The number of hydrogen-bond acceptors (Lipinski definition) is 4. The molecule has 0 aliphatic rings. The summed E-state index contributed by atoms with van der Waals surface area (Å²) in [4.78, 5) is 4.12. The third-order valence-corrected chi connectivity index (χ3v) is 4.52. The van der Waals surface area contributed by atoms with E-state index in [0.29, 0.717) is 22.0 Å². The molecule has 106 valence electrons. The maximum Gasteiger partial charge on any atom is 0.262 e. The molecular formula is C13H14ClN3O2S. The van der Waals surface area contributed by atoms with Gasteiger partial charge >= 0.3 is 0 Å². The highest BCUT2D eigenvalue weighted by Crippen LogP contribution is 2.23. The molecule has 1 aromatic carbocycles. The number of nitrogens with zero attached hydrogens (tertiary/aromatic N) is 1. The average Bonchev–Trinajstić information content (AvgIpc) is 2.41. The zero-order valence-electron chi connectivity index (χ0n) is 10.8. The average molecular weight is 312 g/mol. The molecule has 0 aliphatic heterocycles. The van der Waals surface area contributed by atoms with E-state index in [1.54, 1.807) is 31.3 Å². The summed E-state index contributed by atoms with van der Waals surface area (Å²) in [5, 5.41) is 0.332. The predicted octanol–water partition coefficient (Wildman–Crippen LogP) is 2.30. The largest absolute Gasteiger partial charge is 0.326 e. The Kier molecular flexibility index (Phi) is 4.27. The topological polar surface area (TPSA) is 85.1 Å². The second kappa shape index (κ2) is 5.78. The van der Waals surface area contributed by atoms with Gasteiger partial charge in [0, 0.05) is 17.8 Å². The fourth-order valence-corrected chi connectivity index (χ4v) is 3.12. The van der Waals surface area contributed by atoms with Crippen LogP contribution in [0.15, 0.2) is 41.4 Å². The molecule has 0 saturated heterocycles. The molecule has 0 atom stereocenters. The molecule has 3 N–H and O–H groups in total. The van der Waals surface area contributed by atoms with Gasteiger partial charge in [0.05, 0.1) is 16.3 Å². The van der Waals surface area contributed by atoms with Crippen molar-refractivity contribution in [3.05, 3.63) is 52.8 Å². The van der Waals surface area contributed by atoms with Gasteiger partial charge in [0.15, 0.2) is 0 Å². The highest BCUT2D eigenvalue weighted by Gasteiger charge is 2.16. The number of halogens is 1. The summed E-state index contributed by atoms with van der Waals surface area (Å²) in [6, 6.07) is 7.78. The third kappa shape index (κ3) is 3.09. The minimum Gasteiger partial charge on any atom is -0.326 e. The number of aromatic nitrogens is 1. The van der Waals surface area contributed by atoms with Crippen LogP contribution in [0, 0.1) is 6.92 Å². The van der Waals surface area contributed by atoms with Crippen LogP contribution in [0.25, 0.3) is 0 Å². The van der Waals surface area contributed by atoms with E-state index in [2.05, 4.69) is 9.71 Å². The van der Waals surface area contributed by atoms with Gasteiger partial charge in [-0.05, 0) is 36.8 Å². The molecule has 0 saturated carbocycles. The van der Waals surface area contributed by atoms with Crippen LogP contribution in [0.5, 0.6) is 0 Å². The number of nitrogens with one attached hydrogen (secondary N) is 1. The molecule has 5 nitrogen and oxygen atoms in total. The molecule has 1 aromatic heterocycles. The van der Waals surface area contributed by atoms with Crippen LogP contribution in [0.3, 0.4) is 0 Å². The molecular weight excluding hydrogens is 298 g/mol. The van der Waals surface area contributed by atoms with Crippen LogP contribution in [0.2, 0.25) is 5.02 Å². The first-order valence-electron chi connectivity index (χ1n) is 5.87. The SMILES string of the molecule is Cc1ncccc1NS(=O)(=O)c1ccc(CN)c(Cl)c1. The maximum atomic E-state index is 12.3. The Labute approximate surface area is 122 Å². The van der Waals surface area contributed by atoms with Crippen LogP contribution in [0.1, 0.15) is 11.3 Å². The molecule has 7 heteroatoms. The zero-order valence-corrected chi connectivity index (χ0v) is 12.4. The minimum atomic E-state index is -3.70. The molecule has 0 amide bonds. The summed E-state index contributed by atoms with van der Waals surface area (Å²) in [5.41, 5.74) is 7.23. The number of anilines is 1. The zero-order chi connectivity index (χ0) is 14.8. The van der Waals surface area contributed by atoms with E-state index in [0.717, 1.165) is 0 Å². The van der Waals surface area contributed by atoms with Gasteiger partial charge in [-0.25, -0.2) is 8.42 Å². The Morgan fingerprint density at radius 2 is 2.10 bits per heavy atom. The quantitative estimate of drug-likeness (QED) is 0.907. The van der Waals surface area contributed by atoms with E-state index >= 15 is 0 Å². The van der Waals surface area contributed by atoms with Gasteiger partial charge in [-0.3, -0.25) is 9.71 Å². The number of hydrogen-bond donors (Lipinski definition) is 2. The number of sulfonamides is 1. The van der Waals surface area contributed by atoms with E-state index in [1.165, 1.54) is 12.1 Å². The number of pyridine rings is 1. The lowest BCUT2D eigenvalue weighted by atomic mass is 10.2. The predicted molar refractivity (Wildman–Crippen MR) is 79.1 cm³/mol. The summed E-state index contributed by atoms with van der Waals surface area (Å²) in [6.45, 7) is 1.98. The lowest BCUT2D eigenvalue weighted by molar-refractivity contribution is 0.601. The Bertz CT molecular complexity index is 732. The number of rotatable bonds is 4. The fourth-order valence-electron chi connectivity index (χ4n) is 1.66. The Morgan fingerprint density at radius 1 is 1.35 bits per heavy atom. The first-order chi connectivity index (χ1) is 9.44. The van der Waals surface area contributed by atoms with Crippen molar-refractivity contribution in [1.82, 2.24) is 4.98 Å². The monoisotopic (exact) mass is 311 g/mol. The fraction of sp³-hybridized carbons (Fsp3) is 0.154. The van der Waals surface area contributed by atoms with Gasteiger partial charge in [0.2, 0.25) is 0 Å². The van der Waals surface area contributed by atoms with E-state index in [9.17, 15) is 8.42 Å². The molecule has 0 unspecified atom stereocenters. The lowest BCUT2D eigenvalue weighted by Gasteiger charge is -2.11. The van der Waals surface area contributed by atoms with Crippen LogP contribution >= 0.6 is 11.6 Å². The van der Waals surface area contributed by atoms with Gasteiger partial charge in [0.25, 0.3) is 10.0 Å². The van der Waals surface area contributed by atoms with Crippen LogP contribution in [-0.4, -0.2) is 13.4 Å². The van der Waals surface area contributed by atoms with Gasteiger partial charge in [-0.2, -0.15) is 0 Å². The van der Waals surface area contributed by atoms with Gasteiger partial charge < -0.3 is 5.73 Å². The van der Waals surface area contributed by atoms with Gasteiger partial charge in [-0.15, -0.1) is 0 Å². The van der Waals surface area contributed by atoms with Crippen LogP contribution in [0.4, 0.5) is 5.69 Å². The molecule has 2 rings (SSSR count). The van der Waals surface area contributed by atoms with Crippen molar-refractivity contribution in [1.29, 1.82) is 0 Å². The highest BCUT2D eigenvalue weighted by atomic mass is 35.5. The van der Waals surface area contributed by atoms with Crippen molar-refractivity contribution in [2.75, 3.05) is 4.72 Å². The molecule has 0 radical (unpaired) electrons. The first-order valence-corrected chi connectivity index (χ1v) is 7.73. The Hall–Kier alpha value is -1.63. The Balaban J connectivity index is 2.36. The van der Waals surface area contributed by atoms with Gasteiger partial charge in [0.1, 0.15) is 0 Å². The van der Waals surface area contributed by atoms with E-state index < -0.39 is 10.0 Å². The smallest absolute Gasteiger partial charge is 0.262 e. The van der Waals surface area contributed by atoms with E-state index in [4.69, 9.17) is 17.3 Å². The van der Waals surface area contributed by atoms with Crippen LogP contribution in [-0.2, 0) is 16.6 Å². The summed E-state index contributed by atoms with van der Waals surface area (Å²) >= 11 is 5.99. The standard InChI is InChI=1S/C13H14ClN3O2S/c1-9-13(3-2-6-16-9)17-20(18,19)11-5-4-10(8-15)12(14)7-11/h2-7,17H,8,15H2,1H3. The molecule has 0 spiro atoms. The number of aryl methyl sites for hydroxylation is 1. The molecule has 2 aromatic rings. The van der Waals surface area contributed by atoms with Crippen molar-refractivity contribution < 1.29 is 8.42 Å². The van der Waals surface area contributed by atoms with Crippen molar-refractivity contribution in [2.24, 2.45) is 5.73 Å².